The number of aromatic nitrogens is 2. The number of methoxy groups -OCH3 is 1. The number of hydrogen-bond acceptors (Lipinski definition) is 8. The highest BCUT2D eigenvalue weighted by molar-refractivity contribution is 6.13. The normalized spacial score (nSPS) is 16.1. The summed E-state index contributed by atoms with van der Waals surface area (Å²) in [7, 11) is 5.75. The van der Waals surface area contributed by atoms with Crippen molar-refractivity contribution < 1.29 is 9.53 Å². The molecule has 0 atom stereocenters. The second-order valence-corrected chi connectivity index (χ2v) is 9.55. The summed E-state index contributed by atoms with van der Waals surface area (Å²) < 4.78 is 5.71. The van der Waals surface area contributed by atoms with Crippen LogP contribution in [0.15, 0.2) is 48.7 Å². The molecule has 1 saturated heterocycles. The van der Waals surface area contributed by atoms with E-state index in [0.717, 1.165) is 49.0 Å². The van der Waals surface area contributed by atoms with Crippen LogP contribution in [0.4, 0.5) is 34.5 Å². The zero-order valence-electron chi connectivity index (χ0n) is 21.5. The molecule has 36 heavy (non-hydrogen) atoms. The minimum absolute atomic E-state index is 0.0552. The van der Waals surface area contributed by atoms with Crippen molar-refractivity contribution in [2.45, 2.75) is 19.9 Å². The summed E-state index contributed by atoms with van der Waals surface area (Å²) in [6.45, 7) is 8.04. The standard InChI is InChI=1S/C27H33N7O2/c1-18(2)34-23-17-28-27(30-25(23)32(4)22-9-7-6-8-20(22)26(34)35)29-21-11-10-19(16-24(21)36-5)33-14-12-31(3)13-15-33/h6-11,16-18H,12-15H2,1-5H3,(H,28,29,30). The van der Waals surface area contributed by atoms with E-state index in [2.05, 4.69) is 39.3 Å². The third-order valence-corrected chi connectivity index (χ3v) is 6.86. The monoisotopic (exact) mass is 487 g/mol. The van der Waals surface area contributed by atoms with Gasteiger partial charge in [-0.1, -0.05) is 12.1 Å². The number of amides is 1. The van der Waals surface area contributed by atoms with Crippen molar-refractivity contribution in [2.75, 3.05) is 67.4 Å². The lowest BCUT2D eigenvalue weighted by atomic mass is 10.1. The van der Waals surface area contributed by atoms with E-state index in [1.807, 2.05) is 56.1 Å². The molecule has 3 aromatic rings. The van der Waals surface area contributed by atoms with E-state index in [4.69, 9.17) is 9.72 Å². The fourth-order valence-corrected chi connectivity index (χ4v) is 4.82. The lowest BCUT2D eigenvalue weighted by Gasteiger charge is -2.34. The van der Waals surface area contributed by atoms with Crippen LogP contribution in [0.1, 0.15) is 24.2 Å². The third-order valence-electron chi connectivity index (χ3n) is 6.86. The first-order chi connectivity index (χ1) is 17.4. The van der Waals surface area contributed by atoms with Gasteiger partial charge in [-0.15, -0.1) is 0 Å². The molecule has 3 heterocycles. The highest BCUT2D eigenvalue weighted by atomic mass is 16.5. The maximum atomic E-state index is 13.4. The minimum Gasteiger partial charge on any atom is -0.494 e. The molecule has 9 heteroatoms. The molecule has 1 N–H and O–H groups in total. The molecule has 0 saturated carbocycles. The number of carbonyl (C=O) groups is 1. The number of para-hydroxylation sites is 1. The largest absolute Gasteiger partial charge is 0.494 e. The number of nitrogens with one attached hydrogen (secondary N) is 1. The van der Waals surface area contributed by atoms with Crippen molar-refractivity contribution in [1.29, 1.82) is 0 Å². The van der Waals surface area contributed by atoms with Gasteiger partial charge in [0.15, 0.2) is 5.82 Å². The Labute approximate surface area is 212 Å². The quantitative estimate of drug-likeness (QED) is 0.576. The van der Waals surface area contributed by atoms with Crippen LogP contribution in [0.25, 0.3) is 0 Å². The molecule has 1 amide bonds. The van der Waals surface area contributed by atoms with E-state index >= 15 is 0 Å². The molecule has 1 aromatic heterocycles. The number of piperazine rings is 1. The number of hydrogen-bond donors (Lipinski definition) is 1. The van der Waals surface area contributed by atoms with Gasteiger partial charge in [0.2, 0.25) is 5.95 Å². The van der Waals surface area contributed by atoms with Gasteiger partial charge in [-0.25, -0.2) is 4.98 Å². The molecule has 0 bridgehead atoms. The van der Waals surface area contributed by atoms with Crippen LogP contribution >= 0.6 is 0 Å². The summed E-state index contributed by atoms with van der Waals surface area (Å²) in [5.41, 5.74) is 4.05. The van der Waals surface area contributed by atoms with E-state index in [-0.39, 0.29) is 11.9 Å². The maximum absolute atomic E-state index is 13.4. The highest BCUT2D eigenvalue weighted by Gasteiger charge is 2.32. The summed E-state index contributed by atoms with van der Waals surface area (Å²) in [5.74, 6) is 1.76. The van der Waals surface area contributed by atoms with Crippen LogP contribution in [-0.2, 0) is 0 Å². The molecular formula is C27H33N7O2. The number of rotatable bonds is 5. The summed E-state index contributed by atoms with van der Waals surface area (Å²) >= 11 is 0. The predicted molar refractivity (Wildman–Crippen MR) is 144 cm³/mol. The predicted octanol–water partition coefficient (Wildman–Crippen LogP) is 4.12. The SMILES string of the molecule is COc1cc(N2CCN(C)CC2)ccc1Nc1ncc2c(n1)N(C)c1ccccc1C(=O)N2C(C)C. The van der Waals surface area contributed by atoms with E-state index in [9.17, 15) is 4.79 Å². The Hall–Kier alpha value is -3.85. The minimum atomic E-state index is -0.0586. The number of ether oxygens (including phenoxy) is 1. The number of fused-ring (bicyclic) bond motifs is 2. The molecule has 2 aromatic carbocycles. The van der Waals surface area contributed by atoms with Gasteiger partial charge in [-0.05, 0) is 45.2 Å². The molecule has 0 radical (unpaired) electrons. The summed E-state index contributed by atoms with van der Waals surface area (Å²) in [5, 5.41) is 3.33. The zero-order chi connectivity index (χ0) is 25.4. The van der Waals surface area contributed by atoms with Crippen molar-refractivity contribution in [3.05, 3.63) is 54.2 Å². The molecule has 0 spiro atoms. The van der Waals surface area contributed by atoms with E-state index in [1.54, 1.807) is 18.2 Å². The molecule has 2 aliphatic rings. The van der Waals surface area contributed by atoms with Crippen molar-refractivity contribution in [2.24, 2.45) is 0 Å². The first kappa shape index (κ1) is 23.9. The zero-order valence-corrected chi connectivity index (χ0v) is 21.5. The Balaban J connectivity index is 1.48. The van der Waals surface area contributed by atoms with Gasteiger partial charge in [0.05, 0.1) is 30.2 Å². The third kappa shape index (κ3) is 4.30. The van der Waals surface area contributed by atoms with Crippen LogP contribution in [0.2, 0.25) is 0 Å². The second kappa shape index (κ2) is 9.66. The molecule has 9 nitrogen and oxygen atoms in total. The van der Waals surface area contributed by atoms with E-state index in [0.29, 0.717) is 23.0 Å². The average molecular weight is 488 g/mol. The molecule has 0 aliphatic carbocycles. The highest BCUT2D eigenvalue weighted by Crippen LogP contribution is 2.40. The van der Waals surface area contributed by atoms with Gasteiger partial charge in [0.25, 0.3) is 5.91 Å². The van der Waals surface area contributed by atoms with Crippen LogP contribution < -0.4 is 24.8 Å². The Bertz CT molecular complexity index is 1270. The van der Waals surface area contributed by atoms with Gasteiger partial charge in [-0.3, -0.25) is 4.79 Å². The van der Waals surface area contributed by atoms with Gasteiger partial charge in [0.1, 0.15) is 11.4 Å². The van der Waals surface area contributed by atoms with E-state index in [1.165, 1.54) is 0 Å². The number of anilines is 6. The van der Waals surface area contributed by atoms with Crippen molar-refractivity contribution in [3.63, 3.8) is 0 Å². The van der Waals surface area contributed by atoms with Crippen molar-refractivity contribution in [1.82, 2.24) is 14.9 Å². The summed E-state index contributed by atoms with van der Waals surface area (Å²) in [4.78, 5) is 31.3. The molecule has 0 unspecified atom stereocenters. The van der Waals surface area contributed by atoms with Crippen LogP contribution in [0, 0.1) is 0 Å². The molecule has 188 valence electrons. The summed E-state index contributed by atoms with van der Waals surface area (Å²) in [6.07, 6.45) is 1.72. The number of benzene rings is 2. The number of carbonyl (C=O) groups excluding carboxylic acids is 1. The molecule has 2 aliphatic heterocycles. The number of nitrogens with zero attached hydrogens (tertiary/aromatic N) is 6. The van der Waals surface area contributed by atoms with Crippen LogP contribution in [-0.4, -0.2) is 74.2 Å². The lowest BCUT2D eigenvalue weighted by Crippen LogP contribution is -2.44. The Kier molecular flexibility index (Phi) is 6.40. The Morgan fingerprint density at radius 2 is 1.75 bits per heavy atom. The smallest absolute Gasteiger partial charge is 0.260 e. The summed E-state index contributed by atoms with van der Waals surface area (Å²) in [6, 6.07) is 13.7. The van der Waals surface area contributed by atoms with Crippen LogP contribution in [0.3, 0.4) is 0 Å². The van der Waals surface area contributed by atoms with Gasteiger partial charge in [-0.2, -0.15) is 4.98 Å². The fraction of sp³-hybridized carbons (Fsp3) is 0.370. The first-order valence-corrected chi connectivity index (χ1v) is 12.3. The fourth-order valence-electron chi connectivity index (χ4n) is 4.82. The van der Waals surface area contributed by atoms with Crippen molar-refractivity contribution >= 4 is 40.4 Å². The lowest BCUT2D eigenvalue weighted by molar-refractivity contribution is 0.0981. The van der Waals surface area contributed by atoms with Crippen LogP contribution in [0.5, 0.6) is 5.75 Å². The first-order valence-electron chi connectivity index (χ1n) is 12.3. The van der Waals surface area contributed by atoms with Gasteiger partial charge < -0.3 is 29.7 Å². The average Bonchev–Trinajstić information content (AvgIpc) is 2.98. The van der Waals surface area contributed by atoms with E-state index < -0.39 is 0 Å². The second-order valence-electron chi connectivity index (χ2n) is 9.55. The molecular weight excluding hydrogens is 454 g/mol. The Morgan fingerprint density at radius 1 is 1.00 bits per heavy atom. The Morgan fingerprint density at radius 3 is 2.47 bits per heavy atom. The topological polar surface area (TPSA) is 77.1 Å². The number of likely N-dealkylation sites (N-methyl/N-ethyl adjacent to an activating group) is 1. The van der Waals surface area contributed by atoms with Gasteiger partial charge >= 0.3 is 0 Å². The maximum Gasteiger partial charge on any atom is 0.260 e. The molecule has 1 fully saturated rings. The van der Waals surface area contributed by atoms with Crippen molar-refractivity contribution in [3.8, 4) is 5.75 Å². The molecule has 5 rings (SSSR count). The van der Waals surface area contributed by atoms with Gasteiger partial charge in [0, 0.05) is 51.0 Å².